The van der Waals surface area contributed by atoms with Gasteiger partial charge in [0.15, 0.2) is 6.61 Å². The Bertz CT molecular complexity index is 689. The number of hydrogen-bond donors (Lipinski definition) is 1. The van der Waals surface area contributed by atoms with E-state index in [1.54, 1.807) is 18.9 Å². The van der Waals surface area contributed by atoms with E-state index in [1.165, 1.54) is 0 Å². The molecule has 1 N–H and O–H groups in total. The first kappa shape index (κ1) is 19.8. The van der Waals surface area contributed by atoms with Crippen LogP contribution in [-0.2, 0) is 20.7 Å². The minimum Gasteiger partial charge on any atom is -0.497 e. The molecule has 6 heteroatoms. The summed E-state index contributed by atoms with van der Waals surface area (Å²) in [6.45, 7) is 0.254. The van der Waals surface area contributed by atoms with Gasteiger partial charge in [-0.2, -0.15) is 0 Å². The molecule has 0 atom stereocenters. The topological polar surface area (TPSA) is 64.6 Å². The Morgan fingerprint density at radius 3 is 2.46 bits per heavy atom. The minimum absolute atomic E-state index is 0.239. The van der Waals surface area contributed by atoms with E-state index in [1.807, 2.05) is 54.6 Å². The summed E-state index contributed by atoms with van der Waals surface area (Å²) in [5.41, 5.74) is 1.10. The van der Waals surface area contributed by atoms with E-state index in [0.717, 1.165) is 16.2 Å². The first-order valence-electron chi connectivity index (χ1n) is 8.40. The molecule has 0 fully saturated rings. The number of ether oxygens (including phenoxy) is 2. The van der Waals surface area contributed by atoms with Crippen molar-refractivity contribution in [3.63, 3.8) is 0 Å². The molecule has 2 aromatic carbocycles. The fourth-order valence-corrected chi connectivity index (χ4v) is 3.03. The van der Waals surface area contributed by atoms with Gasteiger partial charge in [0.2, 0.25) is 0 Å². The number of esters is 1. The summed E-state index contributed by atoms with van der Waals surface area (Å²) in [6.07, 6.45) is 0.982. The Morgan fingerprint density at radius 1 is 1.04 bits per heavy atom. The number of hydrogen-bond acceptors (Lipinski definition) is 5. The van der Waals surface area contributed by atoms with Crippen LogP contribution >= 0.6 is 11.8 Å². The summed E-state index contributed by atoms with van der Waals surface area (Å²) in [4.78, 5) is 24.5. The van der Waals surface area contributed by atoms with Crippen LogP contribution in [0.15, 0.2) is 59.5 Å². The van der Waals surface area contributed by atoms with E-state index in [0.29, 0.717) is 18.7 Å². The van der Waals surface area contributed by atoms with Crippen LogP contribution in [0, 0.1) is 0 Å². The largest absolute Gasteiger partial charge is 0.497 e. The second-order valence-corrected chi connectivity index (χ2v) is 6.69. The molecule has 5 nitrogen and oxygen atoms in total. The molecule has 138 valence electrons. The fourth-order valence-electron chi connectivity index (χ4n) is 2.18. The standard InChI is InChI=1S/C20H23NO4S/c1-24-17-9-7-16(8-10-17)11-13-21-19(22)15-25-20(23)12-14-26-18-5-3-2-4-6-18/h2-10H,11-15H2,1H3,(H,21,22). The predicted molar refractivity (Wildman–Crippen MR) is 102 cm³/mol. The Labute approximate surface area is 158 Å². The highest BCUT2D eigenvalue weighted by molar-refractivity contribution is 7.99. The van der Waals surface area contributed by atoms with Crippen molar-refractivity contribution in [3.05, 3.63) is 60.2 Å². The Kier molecular flexibility index (Phi) is 8.55. The molecule has 0 saturated heterocycles. The molecule has 0 aliphatic carbocycles. The second kappa shape index (κ2) is 11.2. The fraction of sp³-hybridized carbons (Fsp3) is 0.300. The molecule has 0 bridgehead atoms. The van der Waals surface area contributed by atoms with E-state index in [9.17, 15) is 9.59 Å². The zero-order valence-electron chi connectivity index (χ0n) is 14.8. The van der Waals surface area contributed by atoms with Gasteiger partial charge >= 0.3 is 5.97 Å². The zero-order valence-corrected chi connectivity index (χ0v) is 15.6. The molecule has 2 aromatic rings. The smallest absolute Gasteiger partial charge is 0.307 e. The third kappa shape index (κ3) is 7.61. The van der Waals surface area contributed by atoms with Gasteiger partial charge < -0.3 is 14.8 Å². The molecule has 0 radical (unpaired) electrons. The average Bonchev–Trinajstić information content (AvgIpc) is 2.68. The van der Waals surface area contributed by atoms with Gasteiger partial charge in [-0.1, -0.05) is 30.3 Å². The lowest BCUT2D eigenvalue weighted by molar-refractivity contribution is -0.148. The Morgan fingerprint density at radius 2 is 1.77 bits per heavy atom. The third-order valence-electron chi connectivity index (χ3n) is 3.58. The summed E-state index contributed by atoms with van der Waals surface area (Å²) >= 11 is 1.59. The molecular weight excluding hydrogens is 350 g/mol. The lowest BCUT2D eigenvalue weighted by Gasteiger charge is -2.07. The molecule has 0 saturated carbocycles. The summed E-state index contributed by atoms with van der Waals surface area (Å²) in [6, 6.07) is 17.5. The molecule has 1 amide bonds. The summed E-state index contributed by atoms with van der Waals surface area (Å²) in [5.74, 6) is 0.776. The SMILES string of the molecule is COc1ccc(CCNC(=O)COC(=O)CCSc2ccccc2)cc1. The van der Waals surface area contributed by atoms with Gasteiger partial charge in [0, 0.05) is 17.2 Å². The first-order chi connectivity index (χ1) is 12.7. The highest BCUT2D eigenvalue weighted by Gasteiger charge is 2.07. The predicted octanol–water partition coefficient (Wildman–Crippen LogP) is 3.08. The van der Waals surface area contributed by atoms with Gasteiger partial charge in [-0.15, -0.1) is 11.8 Å². The Balaban J connectivity index is 1.55. The quantitative estimate of drug-likeness (QED) is 0.512. The number of carbonyl (C=O) groups excluding carboxylic acids is 2. The van der Waals surface area contributed by atoms with Crippen LogP contribution in [0.2, 0.25) is 0 Å². The maximum atomic E-state index is 11.7. The van der Waals surface area contributed by atoms with Crippen molar-refractivity contribution in [1.29, 1.82) is 0 Å². The van der Waals surface area contributed by atoms with Gasteiger partial charge in [-0.25, -0.2) is 0 Å². The summed E-state index contributed by atoms with van der Waals surface area (Å²) in [7, 11) is 1.62. The van der Waals surface area contributed by atoms with Crippen LogP contribution in [-0.4, -0.2) is 37.9 Å². The number of benzene rings is 2. The third-order valence-corrected chi connectivity index (χ3v) is 4.59. The van der Waals surface area contributed by atoms with Crippen molar-refractivity contribution in [1.82, 2.24) is 5.32 Å². The van der Waals surface area contributed by atoms with Crippen LogP contribution in [0.3, 0.4) is 0 Å². The molecule has 0 unspecified atom stereocenters. The second-order valence-electron chi connectivity index (χ2n) is 5.52. The van der Waals surface area contributed by atoms with Crippen LogP contribution in [0.1, 0.15) is 12.0 Å². The highest BCUT2D eigenvalue weighted by atomic mass is 32.2. The van der Waals surface area contributed by atoms with Gasteiger partial charge in [0.05, 0.1) is 13.5 Å². The zero-order chi connectivity index (χ0) is 18.6. The summed E-state index contributed by atoms with van der Waals surface area (Å²) < 4.78 is 10.1. The van der Waals surface area contributed by atoms with E-state index in [2.05, 4.69) is 5.32 Å². The van der Waals surface area contributed by atoms with Gasteiger partial charge in [0.25, 0.3) is 5.91 Å². The normalized spacial score (nSPS) is 10.2. The highest BCUT2D eigenvalue weighted by Crippen LogP contribution is 2.17. The van der Waals surface area contributed by atoms with E-state index in [-0.39, 0.29) is 24.9 Å². The number of carbonyl (C=O) groups is 2. The van der Waals surface area contributed by atoms with Crippen LogP contribution in [0.25, 0.3) is 0 Å². The van der Waals surface area contributed by atoms with Gasteiger partial charge in [-0.05, 0) is 36.2 Å². The minimum atomic E-state index is -0.362. The number of rotatable bonds is 10. The molecule has 0 aromatic heterocycles. The number of nitrogens with one attached hydrogen (secondary N) is 1. The van der Waals surface area contributed by atoms with Crippen molar-refractivity contribution in [2.75, 3.05) is 26.0 Å². The van der Waals surface area contributed by atoms with E-state index >= 15 is 0 Å². The van der Waals surface area contributed by atoms with Crippen molar-refractivity contribution in [2.45, 2.75) is 17.7 Å². The molecule has 0 aliphatic rings. The van der Waals surface area contributed by atoms with E-state index in [4.69, 9.17) is 9.47 Å². The molecule has 0 spiro atoms. The van der Waals surface area contributed by atoms with E-state index < -0.39 is 0 Å². The number of methoxy groups -OCH3 is 1. The monoisotopic (exact) mass is 373 g/mol. The molecule has 26 heavy (non-hydrogen) atoms. The van der Waals surface area contributed by atoms with Gasteiger partial charge in [0.1, 0.15) is 5.75 Å². The molecule has 0 heterocycles. The number of amides is 1. The van der Waals surface area contributed by atoms with Crippen molar-refractivity contribution < 1.29 is 19.1 Å². The van der Waals surface area contributed by atoms with Crippen LogP contribution in [0.5, 0.6) is 5.75 Å². The van der Waals surface area contributed by atoms with Crippen molar-refractivity contribution in [3.8, 4) is 5.75 Å². The van der Waals surface area contributed by atoms with Crippen molar-refractivity contribution >= 4 is 23.6 Å². The first-order valence-corrected chi connectivity index (χ1v) is 9.39. The lowest BCUT2D eigenvalue weighted by Crippen LogP contribution is -2.30. The van der Waals surface area contributed by atoms with Crippen molar-refractivity contribution in [2.24, 2.45) is 0 Å². The maximum absolute atomic E-state index is 11.7. The maximum Gasteiger partial charge on any atom is 0.307 e. The summed E-state index contributed by atoms with van der Waals surface area (Å²) in [5, 5.41) is 2.74. The van der Waals surface area contributed by atoms with Gasteiger partial charge in [-0.3, -0.25) is 9.59 Å². The lowest BCUT2D eigenvalue weighted by atomic mass is 10.1. The molecular formula is C20H23NO4S. The number of thioether (sulfide) groups is 1. The molecule has 0 aliphatic heterocycles. The van der Waals surface area contributed by atoms with Crippen LogP contribution in [0.4, 0.5) is 0 Å². The van der Waals surface area contributed by atoms with Crippen LogP contribution < -0.4 is 10.1 Å². The molecule has 2 rings (SSSR count). The average molecular weight is 373 g/mol. The Hall–Kier alpha value is -2.47.